The van der Waals surface area contributed by atoms with Gasteiger partial charge in [-0.25, -0.2) is 0 Å². The number of Topliss-reactive ketones (excluding diaryl/α,β-unsaturated/α-hetero) is 1. The van der Waals surface area contributed by atoms with E-state index in [1.807, 2.05) is 30.3 Å². The van der Waals surface area contributed by atoms with Crippen LogP contribution in [-0.2, 0) is 11.2 Å². The van der Waals surface area contributed by atoms with Crippen LogP contribution in [0.4, 0.5) is 0 Å². The second kappa shape index (κ2) is 6.40. The third-order valence-electron chi connectivity index (χ3n) is 2.97. The number of rotatable bonds is 3. The highest BCUT2D eigenvalue weighted by molar-refractivity contribution is 5.83. The molecular formula is C13H19NO2. The van der Waals surface area contributed by atoms with Crippen molar-refractivity contribution in [2.24, 2.45) is 5.92 Å². The van der Waals surface area contributed by atoms with E-state index in [4.69, 9.17) is 0 Å². The van der Waals surface area contributed by atoms with Crippen molar-refractivity contribution in [3.8, 4) is 0 Å². The van der Waals surface area contributed by atoms with Gasteiger partial charge in [-0.1, -0.05) is 30.3 Å². The molecule has 0 amide bonds. The third kappa shape index (κ3) is 3.43. The van der Waals surface area contributed by atoms with Gasteiger partial charge in [0.2, 0.25) is 0 Å². The second-order valence-electron chi connectivity index (χ2n) is 4.17. The molecule has 0 aliphatic carbocycles. The first-order valence-electron chi connectivity index (χ1n) is 5.63. The Morgan fingerprint density at radius 3 is 2.69 bits per heavy atom. The SMILES string of the molecule is O.O=C(Cc1ccccc1)C1CCCNC1. The van der Waals surface area contributed by atoms with Gasteiger partial charge in [-0.05, 0) is 24.9 Å². The van der Waals surface area contributed by atoms with Gasteiger partial charge in [0.15, 0.2) is 0 Å². The van der Waals surface area contributed by atoms with E-state index in [9.17, 15) is 4.79 Å². The number of ketones is 1. The van der Waals surface area contributed by atoms with Gasteiger partial charge in [0.25, 0.3) is 0 Å². The highest BCUT2D eigenvalue weighted by Gasteiger charge is 2.20. The van der Waals surface area contributed by atoms with Crippen molar-refractivity contribution in [3.05, 3.63) is 35.9 Å². The van der Waals surface area contributed by atoms with Gasteiger partial charge in [-0.2, -0.15) is 0 Å². The zero-order valence-electron chi connectivity index (χ0n) is 9.41. The Labute approximate surface area is 96.2 Å². The number of carbonyl (C=O) groups is 1. The molecule has 0 bridgehead atoms. The fourth-order valence-corrected chi connectivity index (χ4v) is 2.07. The molecule has 1 unspecified atom stereocenters. The van der Waals surface area contributed by atoms with Crippen molar-refractivity contribution in [1.29, 1.82) is 0 Å². The van der Waals surface area contributed by atoms with Crippen molar-refractivity contribution in [2.75, 3.05) is 13.1 Å². The molecule has 1 atom stereocenters. The Morgan fingerprint density at radius 2 is 2.06 bits per heavy atom. The summed E-state index contributed by atoms with van der Waals surface area (Å²) in [4.78, 5) is 11.9. The van der Waals surface area contributed by atoms with Crippen LogP contribution >= 0.6 is 0 Å². The third-order valence-corrected chi connectivity index (χ3v) is 2.97. The smallest absolute Gasteiger partial charge is 0.141 e. The molecule has 2 rings (SSSR count). The minimum absolute atomic E-state index is 0. The standard InChI is InChI=1S/C13H17NO.H2O/c15-13(12-7-4-8-14-10-12)9-11-5-2-1-3-6-11;/h1-3,5-6,12,14H,4,7-10H2;1H2. The normalized spacial score (nSPS) is 19.9. The summed E-state index contributed by atoms with van der Waals surface area (Å²) in [5.74, 6) is 0.618. The predicted molar refractivity (Wildman–Crippen MR) is 64.4 cm³/mol. The molecule has 0 radical (unpaired) electrons. The molecular weight excluding hydrogens is 202 g/mol. The topological polar surface area (TPSA) is 60.6 Å². The van der Waals surface area contributed by atoms with Gasteiger partial charge in [0.1, 0.15) is 5.78 Å². The molecule has 88 valence electrons. The van der Waals surface area contributed by atoms with Crippen LogP contribution in [0.3, 0.4) is 0 Å². The van der Waals surface area contributed by atoms with E-state index in [2.05, 4.69) is 5.32 Å². The van der Waals surface area contributed by atoms with E-state index < -0.39 is 0 Å². The fraction of sp³-hybridized carbons (Fsp3) is 0.462. The van der Waals surface area contributed by atoms with Gasteiger partial charge >= 0.3 is 0 Å². The van der Waals surface area contributed by atoms with Crippen molar-refractivity contribution in [1.82, 2.24) is 5.32 Å². The van der Waals surface area contributed by atoms with E-state index >= 15 is 0 Å². The lowest BCUT2D eigenvalue weighted by Crippen LogP contribution is -2.35. The fourth-order valence-electron chi connectivity index (χ4n) is 2.07. The molecule has 16 heavy (non-hydrogen) atoms. The van der Waals surface area contributed by atoms with Crippen LogP contribution in [-0.4, -0.2) is 24.3 Å². The van der Waals surface area contributed by atoms with Gasteiger partial charge in [-0.3, -0.25) is 4.79 Å². The van der Waals surface area contributed by atoms with Gasteiger partial charge < -0.3 is 10.8 Å². The number of hydrogen-bond donors (Lipinski definition) is 1. The Morgan fingerprint density at radius 1 is 1.31 bits per heavy atom. The number of benzene rings is 1. The Bertz CT molecular complexity index is 318. The van der Waals surface area contributed by atoms with Gasteiger partial charge in [0.05, 0.1) is 0 Å². The first-order chi connectivity index (χ1) is 7.36. The molecule has 1 saturated heterocycles. The summed E-state index contributed by atoms with van der Waals surface area (Å²) in [6.07, 6.45) is 2.77. The number of piperidine rings is 1. The number of hydrogen-bond acceptors (Lipinski definition) is 2. The molecule has 3 nitrogen and oxygen atoms in total. The second-order valence-corrected chi connectivity index (χ2v) is 4.17. The van der Waals surface area contributed by atoms with Crippen LogP contribution in [0.25, 0.3) is 0 Å². The van der Waals surface area contributed by atoms with Gasteiger partial charge in [0, 0.05) is 18.9 Å². The maximum atomic E-state index is 11.9. The maximum Gasteiger partial charge on any atom is 0.141 e. The van der Waals surface area contributed by atoms with E-state index in [1.165, 1.54) is 0 Å². The van der Waals surface area contributed by atoms with Crippen molar-refractivity contribution < 1.29 is 10.3 Å². The monoisotopic (exact) mass is 221 g/mol. The summed E-state index contributed by atoms with van der Waals surface area (Å²) in [6, 6.07) is 10.0. The molecule has 0 saturated carbocycles. The molecule has 1 aliphatic rings. The molecule has 0 aromatic heterocycles. The van der Waals surface area contributed by atoms with Crippen LogP contribution in [0.15, 0.2) is 30.3 Å². The van der Waals surface area contributed by atoms with Crippen molar-refractivity contribution in [3.63, 3.8) is 0 Å². The van der Waals surface area contributed by atoms with E-state index in [-0.39, 0.29) is 11.4 Å². The summed E-state index contributed by atoms with van der Waals surface area (Å²) in [6.45, 7) is 1.93. The summed E-state index contributed by atoms with van der Waals surface area (Å²) in [5.41, 5.74) is 1.13. The summed E-state index contributed by atoms with van der Waals surface area (Å²) >= 11 is 0. The molecule has 3 heteroatoms. The largest absolute Gasteiger partial charge is 0.412 e. The molecule has 1 fully saturated rings. The quantitative estimate of drug-likeness (QED) is 0.826. The van der Waals surface area contributed by atoms with Crippen LogP contribution < -0.4 is 5.32 Å². The predicted octanol–water partition coefficient (Wildman–Crippen LogP) is 0.973. The summed E-state index contributed by atoms with van der Waals surface area (Å²) in [7, 11) is 0. The van der Waals surface area contributed by atoms with E-state index in [0.29, 0.717) is 12.2 Å². The molecule has 1 heterocycles. The van der Waals surface area contributed by atoms with Gasteiger partial charge in [-0.15, -0.1) is 0 Å². The summed E-state index contributed by atoms with van der Waals surface area (Å²) in [5, 5.41) is 3.28. The average molecular weight is 221 g/mol. The van der Waals surface area contributed by atoms with E-state index in [1.54, 1.807) is 0 Å². The molecule has 1 aromatic carbocycles. The van der Waals surface area contributed by atoms with E-state index in [0.717, 1.165) is 31.5 Å². The Balaban J connectivity index is 0.00000128. The van der Waals surface area contributed by atoms with Crippen LogP contribution in [0, 0.1) is 5.92 Å². The number of carbonyl (C=O) groups excluding carboxylic acids is 1. The first kappa shape index (κ1) is 12.9. The lowest BCUT2D eigenvalue weighted by atomic mass is 9.91. The Kier molecular flexibility index (Phi) is 5.15. The molecule has 1 aromatic rings. The van der Waals surface area contributed by atoms with Crippen LogP contribution in [0.2, 0.25) is 0 Å². The first-order valence-corrected chi connectivity index (χ1v) is 5.63. The highest BCUT2D eigenvalue weighted by atomic mass is 16.1. The Hall–Kier alpha value is -1.19. The van der Waals surface area contributed by atoms with Crippen LogP contribution in [0.5, 0.6) is 0 Å². The zero-order chi connectivity index (χ0) is 10.5. The lowest BCUT2D eigenvalue weighted by Gasteiger charge is -2.21. The molecule has 0 spiro atoms. The van der Waals surface area contributed by atoms with Crippen molar-refractivity contribution >= 4 is 5.78 Å². The summed E-state index contributed by atoms with van der Waals surface area (Å²) < 4.78 is 0. The minimum Gasteiger partial charge on any atom is -0.412 e. The van der Waals surface area contributed by atoms with Crippen molar-refractivity contribution in [2.45, 2.75) is 19.3 Å². The average Bonchev–Trinajstić information content (AvgIpc) is 2.31. The molecule has 1 aliphatic heterocycles. The zero-order valence-corrected chi connectivity index (χ0v) is 9.41. The van der Waals surface area contributed by atoms with Crippen LogP contribution in [0.1, 0.15) is 18.4 Å². The molecule has 3 N–H and O–H groups in total. The highest BCUT2D eigenvalue weighted by Crippen LogP contribution is 2.13. The number of nitrogens with one attached hydrogen (secondary N) is 1. The maximum absolute atomic E-state index is 11.9. The minimum atomic E-state index is 0. The lowest BCUT2D eigenvalue weighted by molar-refractivity contribution is -0.122.